The van der Waals surface area contributed by atoms with E-state index in [0.29, 0.717) is 12.1 Å². The number of hydrogen-bond acceptors (Lipinski definition) is 4. The lowest BCUT2D eigenvalue weighted by molar-refractivity contribution is 0.0735. The molecule has 1 atom stereocenters. The van der Waals surface area contributed by atoms with Crippen LogP contribution in [-0.2, 0) is 14.1 Å². The van der Waals surface area contributed by atoms with Gasteiger partial charge in [0.05, 0.1) is 17.0 Å². The zero-order valence-electron chi connectivity index (χ0n) is 15.3. The number of aryl methyl sites for hydroxylation is 1. The van der Waals surface area contributed by atoms with E-state index in [2.05, 4.69) is 4.98 Å². The molecule has 1 aliphatic heterocycles. The second-order valence-electron chi connectivity index (χ2n) is 6.87. The number of nitrogens with zero attached hydrogens (tertiary/aromatic N) is 4. The smallest absolute Gasteiger partial charge is 0.332 e. The van der Waals surface area contributed by atoms with Crippen molar-refractivity contribution in [2.75, 3.05) is 6.54 Å². The quantitative estimate of drug-likeness (QED) is 0.692. The van der Waals surface area contributed by atoms with Crippen LogP contribution in [0.3, 0.4) is 0 Å². The van der Waals surface area contributed by atoms with Crippen molar-refractivity contribution in [3.63, 3.8) is 0 Å². The highest BCUT2D eigenvalue weighted by molar-refractivity contribution is 5.97. The standard InChI is InChI=1S/C20H20N4O3/c1-22-17-15(19(26)23(2)20(22)27)11-14(12-21-17)18(25)24-10-6-9-16(24)13-7-4-3-5-8-13/h3-5,7-8,11-12,16H,6,9-10H2,1-2H3/t16-/m0/s1. The third kappa shape index (κ3) is 2.75. The van der Waals surface area contributed by atoms with Gasteiger partial charge in [-0.3, -0.25) is 18.7 Å². The summed E-state index contributed by atoms with van der Waals surface area (Å²) >= 11 is 0. The van der Waals surface area contributed by atoms with E-state index in [4.69, 9.17) is 0 Å². The Kier molecular flexibility index (Phi) is 4.14. The Morgan fingerprint density at radius 2 is 1.85 bits per heavy atom. The molecular weight excluding hydrogens is 344 g/mol. The highest BCUT2D eigenvalue weighted by Crippen LogP contribution is 2.33. The van der Waals surface area contributed by atoms with Gasteiger partial charge in [-0.2, -0.15) is 0 Å². The van der Waals surface area contributed by atoms with E-state index in [1.54, 1.807) is 13.1 Å². The maximum Gasteiger partial charge on any atom is 0.332 e. The van der Waals surface area contributed by atoms with Crippen LogP contribution in [0.1, 0.15) is 34.8 Å². The number of amides is 1. The predicted octanol–water partition coefficient (Wildman–Crippen LogP) is 1.61. The highest BCUT2D eigenvalue weighted by Gasteiger charge is 2.31. The molecule has 4 rings (SSSR count). The highest BCUT2D eigenvalue weighted by atomic mass is 16.2. The van der Waals surface area contributed by atoms with Gasteiger partial charge in [-0.25, -0.2) is 9.78 Å². The van der Waals surface area contributed by atoms with E-state index in [9.17, 15) is 14.4 Å². The van der Waals surface area contributed by atoms with Crippen molar-refractivity contribution < 1.29 is 4.79 Å². The zero-order valence-corrected chi connectivity index (χ0v) is 15.3. The molecule has 0 bridgehead atoms. The van der Waals surface area contributed by atoms with Gasteiger partial charge in [-0.15, -0.1) is 0 Å². The lowest BCUT2D eigenvalue weighted by atomic mass is 10.0. The van der Waals surface area contributed by atoms with Crippen LogP contribution in [0.4, 0.5) is 0 Å². The van der Waals surface area contributed by atoms with Crippen molar-refractivity contribution in [3.8, 4) is 0 Å². The first-order valence-corrected chi connectivity index (χ1v) is 8.90. The monoisotopic (exact) mass is 364 g/mol. The number of fused-ring (bicyclic) bond motifs is 1. The van der Waals surface area contributed by atoms with E-state index in [1.807, 2.05) is 35.2 Å². The molecule has 27 heavy (non-hydrogen) atoms. The van der Waals surface area contributed by atoms with Gasteiger partial charge in [0.1, 0.15) is 5.65 Å². The van der Waals surface area contributed by atoms with Gasteiger partial charge in [0.2, 0.25) is 0 Å². The summed E-state index contributed by atoms with van der Waals surface area (Å²) in [6.07, 6.45) is 3.29. The molecular formula is C20H20N4O3. The van der Waals surface area contributed by atoms with Crippen molar-refractivity contribution in [2.24, 2.45) is 14.1 Å². The van der Waals surface area contributed by atoms with Gasteiger partial charge in [0.25, 0.3) is 11.5 Å². The largest absolute Gasteiger partial charge is 0.332 e. The summed E-state index contributed by atoms with van der Waals surface area (Å²) in [5.41, 5.74) is 0.858. The Balaban J connectivity index is 1.77. The third-order valence-electron chi connectivity index (χ3n) is 5.24. The summed E-state index contributed by atoms with van der Waals surface area (Å²) in [5.74, 6) is -0.147. The second kappa shape index (κ2) is 6.50. The molecule has 1 aromatic carbocycles. The molecule has 1 aliphatic rings. The van der Waals surface area contributed by atoms with Crippen molar-refractivity contribution in [1.82, 2.24) is 19.0 Å². The first-order chi connectivity index (χ1) is 13.0. The minimum absolute atomic E-state index is 0.0253. The van der Waals surface area contributed by atoms with Crippen LogP contribution < -0.4 is 11.2 Å². The summed E-state index contributed by atoms with van der Waals surface area (Å²) in [7, 11) is 2.98. The molecule has 7 heteroatoms. The zero-order chi connectivity index (χ0) is 19.1. The summed E-state index contributed by atoms with van der Waals surface area (Å²) < 4.78 is 2.34. The molecule has 0 N–H and O–H groups in total. The summed E-state index contributed by atoms with van der Waals surface area (Å²) in [4.78, 5) is 43.7. The molecule has 7 nitrogen and oxygen atoms in total. The Bertz CT molecular complexity index is 1150. The average molecular weight is 364 g/mol. The van der Waals surface area contributed by atoms with Crippen LogP contribution in [0.2, 0.25) is 0 Å². The molecule has 0 aliphatic carbocycles. The SMILES string of the molecule is Cn1c(=O)c2cc(C(=O)N3CCC[C@H]3c3ccccc3)cnc2n(C)c1=O. The topological polar surface area (TPSA) is 77.2 Å². The number of benzene rings is 1. The molecule has 0 unspecified atom stereocenters. The van der Waals surface area contributed by atoms with Gasteiger partial charge >= 0.3 is 5.69 Å². The summed E-state index contributed by atoms with van der Waals surface area (Å²) in [6, 6.07) is 11.5. The summed E-state index contributed by atoms with van der Waals surface area (Å²) in [6.45, 7) is 0.668. The number of hydrogen-bond donors (Lipinski definition) is 0. The third-order valence-corrected chi connectivity index (χ3v) is 5.24. The van der Waals surface area contributed by atoms with Crippen molar-refractivity contribution >= 4 is 16.9 Å². The number of carbonyl (C=O) groups is 1. The molecule has 138 valence electrons. The minimum Gasteiger partial charge on any atom is -0.332 e. The number of pyridine rings is 1. The number of carbonyl (C=O) groups excluding carboxylic acids is 1. The van der Waals surface area contributed by atoms with Gasteiger partial charge < -0.3 is 4.90 Å². The molecule has 0 spiro atoms. The number of aromatic nitrogens is 3. The molecule has 3 aromatic rings. The first kappa shape index (κ1) is 17.2. The fraction of sp³-hybridized carbons (Fsp3) is 0.300. The van der Waals surface area contributed by atoms with Gasteiger partial charge in [0, 0.05) is 26.8 Å². The van der Waals surface area contributed by atoms with E-state index in [0.717, 1.165) is 23.0 Å². The predicted molar refractivity (Wildman–Crippen MR) is 102 cm³/mol. The molecule has 3 heterocycles. The van der Waals surface area contributed by atoms with Gasteiger partial charge in [-0.1, -0.05) is 30.3 Å². The van der Waals surface area contributed by atoms with Crippen LogP contribution in [0, 0.1) is 0 Å². The maximum absolute atomic E-state index is 13.1. The Morgan fingerprint density at radius 1 is 1.11 bits per heavy atom. The Labute approximate surface area is 155 Å². The van der Waals surface area contributed by atoms with Crippen molar-refractivity contribution in [2.45, 2.75) is 18.9 Å². The number of rotatable bonds is 2. The van der Waals surface area contributed by atoms with Crippen LogP contribution in [-0.4, -0.2) is 31.5 Å². The molecule has 1 saturated heterocycles. The fourth-order valence-electron chi connectivity index (χ4n) is 3.78. The van der Waals surface area contributed by atoms with Crippen molar-refractivity contribution in [3.05, 3.63) is 74.6 Å². The Hall–Kier alpha value is -3.22. The molecule has 0 radical (unpaired) electrons. The average Bonchev–Trinajstić information content (AvgIpc) is 3.20. The fourth-order valence-corrected chi connectivity index (χ4v) is 3.78. The van der Waals surface area contributed by atoms with E-state index in [-0.39, 0.29) is 23.0 Å². The van der Waals surface area contributed by atoms with E-state index in [1.165, 1.54) is 17.8 Å². The lowest BCUT2D eigenvalue weighted by Crippen LogP contribution is -2.37. The number of likely N-dealkylation sites (tertiary alicyclic amines) is 1. The first-order valence-electron chi connectivity index (χ1n) is 8.90. The maximum atomic E-state index is 13.1. The van der Waals surface area contributed by atoms with Crippen LogP contribution >= 0.6 is 0 Å². The van der Waals surface area contributed by atoms with Crippen LogP contribution in [0.5, 0.6) is 0 Å². The molecule has 0 saturated carbocycles. The molecule has 2 aromatic heterocycles. The molecule has 1 amide bonds. The van der Waals surface area contributed by atoms with E-state index >= 15 is 0 Å². The van der Waals surface area contributed by atoms with Crippen LogP contribution in [0.15, 0.2) is 52.2 Å². The van der Waals surface area contributed by atoms with Gasteiger partial charge in [0.15, 0.2) is 0 Å². The van der Waals surface area contributed by atoms with Crippen LogP contribution in [0.25, 0.3) is 11.0 Å². The molecule has 1 fully saturated rings. The Morgan fingerprint density at radius 3 is 2.59 bits per heavy atom. The minimum atomic E-state index is -0.448. The van der Waals surface area contributed by atoms with Gasteiger partial charge in [-0.05, 0) is 24.5 Å². The normalized spacial score (nSPS) is 16.8. The second-order valence-corrected chi connectivity index (χ2v) is 6.87. The lowest BCUT2D eigenvalue weighted by Gasteiger charge is -2.25. The van der Waals surface area contributed by atoms with Crippen molar-refractivity contribution in [1.29, 1.82) is 0 Å². The van der Waals surface area contributed by atoms with E-state index < -0.39 is 11.2 Å². The summed E-state index contributed by atoms with van der Waals surface area (Å²) in [5, 5.41) is 0.265.